The number of hydrogen-bond donors (Lipinski definition) is 0. The van der Waals surface area contributed by atoms with Gasteiger partial charge in [0.25, 0.3) is 0 Å². The fourth-order valence-electron chi connectivity index (χ4n) is 0.946. The van der Waals surface area contributed by atoms with Crippen molar-refractivity contribution in [3.05, 3.63) is 24.5 Å². The monoisotopic (exact) mass is 198 g/mol. The summed E-state index contributed by atoms with van der Waals surface area (Å²) in [4.78, 5) is 4.12. The Bertz CT molecular complexity index is 369. The minimum Gasteiger partial charge on any atom is -0.472 e. The van der Waals surface area contributed by atoms with Gasteiger partial charge in [0.2, 0.25) is 11.7 Å². The van der Waals surface area contributed by atoms with Gasteiger partial charge in [0, 0.05) is 12.3 Å². The van der Waals surface area contributed by atoms with Crippen LogP contribution in [0.2, 0.25) is 0 Å². The van der Waals surface area contributed by atoms with E-state index in [0.29, 0.717) is 24.0 Å². The molecule has 2 aromatic heterocycles. The molecule has 0 amide bonds. The number of hydrogen-bond acceptors (Lipinski definition) is 4. The summed E-state index contributed by atoms with van der Waals surface area (Å²) >= 11 is 5.52. The van der Waals surface area contributed by atoms with Crippen LogP contribution in [0.1, 0.15) is 5.89 Å². The smallest absolute Gasteiger partial charge is 0.228 e. The summed E-state index contributed by atoms with van der Waals surface area (Å²) in [6.45, 7) is 0. The highest BCUT2D eigenvalue weighted by Crippen LogP contribution is 2.15. The lowest BCUT2D eigenvalue weighted by atomic mass is 10.3. The largest absolute Gasteiger partial charge is 0.472 e. The van der Waals surface area contributed by atoms with Crippen molar-refractivity contribution in [1.29, 1.82) is 0 Å². The lowest BCUT2D eigenvalue weighted by Gasteiger charge is -1.82. The molecule has 13 heavy (non-hydrogen) atoms. The van der Waals surface area contributed by atoms with Crippen molar-refractivity contribution < 1.29 is 8.94 Å². The highest BCUT2D eigenvalue weighted by Gasteiger charge is 2.08. The number of rotatable bonds is 3. The van der Waals surface area contributed by atoms with E-state index in [4.69, 9.17) is 20.5 Å². The summed E-state index contributed by atoms with van der Waals surface area (Å²) in [5, 5.41) is 3.77. The van der Waals surface area contributed by atoms with Gasteiger partial charge in [-0.3, -0.25) is 0 Å². The maximum Gasteiger partial charge on any atom is 0.228 e. The predicted molar refractivity (Wildman–Crippen MR) is 46.4 cm³/mol. The van der Waals surface area contributed by atoms with E-state index in [1.54, 1.807) is 18.6 Å². The second-order valence-electron chi connectivity index (χ2n) is 2.46. The van der Waals surface area contributed by atoms with Crippen LogP contribution in [-0.4, -0.2) is 16.0 Å². The molecule has 0 aromatic carbocycles. The number of halogens is 1. The molecule has 0 aliphatic rings. The molecule has 0 unspecified atom stereocenters. The molecule has 0 atom stereocenters. The Balaban J connectivity index is 2.23. The van der Waals surface area contributed by atoms with Crippen molar-refractivity contribution in [2.45, 2.75) is 6.42 Å². The normalized spacial score (nSPS) is 10.5. The first-order valence-corrected chi connectivity index (χ1v) is 4.34. The molecule has 0 aliphatic heterocycles. The predicted octanol–water partition coefficient (Wildman–Crippen LogP) is 2.11. The van der Waals surface area contributed by atoms with Crippen LogP contribution in [0.5, 0.6) is 0 Å². The Morgan fingerprint density at radius 2 is 2.38 bits per heavy atom. The SMILES string of the molecule is ClCCc1nc(-c2ccoc2)no1. The van der Waals surface area contributed by atoms with Gasteiger partial charge in [-0.1, -0.05) is 5.16 Å². The van der Waals surface area contributed by atoms with Gasteiger partial charge in [0.05, 0.1) is 11.8 Å². The van der Waals surface area contributed by atoms with Crippen LogP contribution in [0.15, 0.2) is 27.5 Å². The first-order valence-electron chi connectivity index (χ1n) is 3.81. The van der Waals surface area contributed by atoms with Gasteiger partial charge >= 0.3 is 0 Å². The van der Waals surface area contributed by atoms with Gasteiger partial charge in [-0.2, -0.15) is 4.98 Å². The topological polar surface area (TPSA) is 52.1 Å². The van der Waals surface area contributed by atoms with E-state index < -0.39 is 0 Å². The third-order valence-corrected chi connectivity index (χ3v) is 1.74. The standard InChI is InChI=1S/C8H7ClN2O2/c9-3-1-7-10-8(11-13-7)6-2-4-12-5-6/h2,4-5H,1,3H2. The van der Waals surface area contributed by atoms with E-state index in [0.717, 1.165) is 5.56 Å². The second-order valence-corrected chi connectivity index (χ2v) is 2.84. The lowest BCUT2D eigenvalue weighted by molar-refractivity contribution is 0.383. The number of nitrogens with zero attached hydrogens (tertiary/aromatic N) is 2. The van der Waals surface area contributed by atoms with Crippen LogP contribution >= 0.6 is 11.6 Å². The maximum atomic E-state index is 5.52. The molecule has 0 radical (unpaired) electrons. The van der Waals surface area contributed by atoms with E-state index in [1.165, 1.54) is 0 Å². The van der Waals surface area contributed by atoms with Crippen LogP contribution in [0, 0.1) is 0 Å². The molecule has 2 heterocycles. The molecule has 0 spiro atoms. The summed E-state index contributed by atoms with van der Waals surface area (Å²) in [5.41, 5.74) is 0.810. The Labute approximate surface area is 79.5 Å². The summed E-state index contributed by atoms with van der Waals surface area (Å²) < 4.78 is 9.83. The average Bonchev–Trinajstić information content (AvgIpc) is 2.70. The fourth-order valence-corrected chi connectivity index (χ4v) is 1.11. The van der Waals surface area contributed by atoms with E-state index in [2.05, 4.69) is 10.1 Å². The minimum atomic E-state index is 0.479. The van der Waals surface area contributed by atoms with Crippen molar-refractivity contribution >= 4 is 11.6 Å². The number of furan rings is 1. The van der Waals surface area contributed by atoms with Crippen LogP contribution in [0.4, 0.5) is 0 Å². The first kappa shape index (κ1) is 8.31. The molecule has 4 nitrogen and oxygen atoms in total. The third kappa shape index (κ3) is 1.72. The van der Waals surface area contributed by atoms with Crippen LogP contribution < -0.4 is 0 Å². The van der Waals surface area contributed by atoms with E-state index in [9.17, 15) is 0 Å². The molecule has 2 rings (SSSR count). The van der Waals surface area contributed by atoms with Gasteiger partial charge in [-0.15, -0.1) is 11.6 Å². The zero-order valence-electron chi connectivity index (χ0n) is 6.74. The number of alkyl halides is 1. The highest BCUT2D eigenvalue weighted by molar-refractivity contribution is 6.17. The van der Waals surface area contributed by atoms with Crippen LogP contribution in [-0.2, 0) is 6.42 Å². The molecule has 2 aromatic rings. The summed E-state index contributed by atoms with van der Waals surface area (Å²) in [6.07, 6.45) is 3.72. The first-order chi connectivity index (χ1) is 6.40. The number of aromatic nitrogens is 2. The quantitative estimate of drug-likeness (QED) is 0.709. The Morgan fingerprint density at radius 1 is 1.46 bits per heavy atom. The summed E-state index contributed by atoms with van der Waals surface area (Å²) in [5.74, 6) is 1.56. The zero-order chi connectivity index (χ0) is 9.10. The molecule has 5 heteroatoms. The van der Waals surface area contributed by atoms with Crippen molar-refractivity contribution in [2.24, 2.45) is 0 Å². The molecule has 0 fully saturated rings. The minimum absolute atomic E-state index is 0.479. The lowest BCUT2D eigenvalue weighted by Crippen LogP contribution is -1.85. The van der Waals surface area contributed by atoms with Gasteiger partial charge in [-0.05, 0) is 6.07 Å². The van der Waals surface area contributed by atoms with Gasteiger partial charge < -0.3 is 8.94 Å². The van der Waals surface area contributed by atoms with Crippen LogP contribution in [0.25, 0.3) is 11.4 Å². The molecule has 0 N–H and O–H groups in total. The Morgan fingerprint density at radius 3 is 3.08 bits per heavy atom. The maximum absolute atomic E-state index is 5.52. The molecular formula is C8H7ClN2O2. The second kappa shape index (κ2) is 3.62. The fraction of sp³-hybridized carbons (Fsp3) is 0.250. The molecular weight excluding hydrogens is 192 g/mol. The van der Waals surface area contributed by atoms with Gasteiger partial charge in [0.1, 0.15) is 6.26 Å². The molecule has 0 aliphatic carbocycles. The average molecular weight is 199 g/mol. The van der Waals surface area contributed by atoms with Crippen molar-refractivity contribution in [1.82, 2.24) is 10.1 Å². The zero-order valence-corrected chi connectivity index (χ0v) is 7.49. The number of aryl methyl sites for hydroxylation is 1. The van der Waals surface area contributed by atoms with E-state index in [-0.39, 0.29) is 0 Å². The van der Waals surface area contributed by atoms with Gasteiger partial charge in [-0.25, -0.2) is 0 Å². The van der Waals surface area contributed by atoms with E-state index in [1.807, 2.05) is 0 Å². The summed E-state index contributed by atoms with van der Waals surface area (Å²) in [6, 6.07) is 1.77. The van der Waals surface area contributed by atoms with Crippen molar-refractivity contribution in [3.8, 4) is 11.4 Å². The van der Waals surface area contributed by atoms with E-state index >= 15 is 0 Å². The molecule has 0 bridgehead atoms. The third-order valence-electron chi connectivity index (χ3n) is 1.56. The molecule has 0 saturated heterocycles. The molecule has 0 saturated carbocycles. The summed E-state index contributed by atoms with van der Waals surface area (Å²) in [7, 11) is 0. The van der Waals surface area contributed by atoms with Gasteiger partial charge in [0.15, 0.2) is 0 Å². The van der Waals surface area contributed by atoms with Crippen molar-refractivity contribution in [3.63, 3.8) is 0 Å². The Kier molecular flexibility index (Phi) is 2.31. The Hall–Kier alpha value is -1.29. The van der Waals surface area contributed by atoms with Crippen LogP contribution in [0.3, 0.4) is 0 Å². The molecule has 68 valence electrons. The highest BCUT2D eigenvalue weighted by atomic mass is 35.5. The van der Waals surface area contributed by atoms with Crippen molar-refractivity contribution in [2.75, 3.05) is 5.88 Å².